The monoisotopic (exact) mass is 274 g/mol. The molecule has 0 atom stereocenters. The molecular formula is C13H14N4OS. The lowest BCUT2D eigenvalue weighted by Crippen LogP contribution is -2.27. The van der Waals surface area contributed by atoms with Crippen LogP contribution in [-0.2, 0) is 13.1 Å². The molecule has 0 saturated carbocycles. The minimum Gasteiger partial charge on any atom is -0.310 e. The van der Waals surface area contributed by atoms with Gasteiger partial charge >= 0.3 is 5.69 Å². The Balaban J connectivity index is 1.62. The molecule has 0 aliphatic heterocycles. The Morgan fingerprint density at radius 3 is 3.00 bits per heavy atom. The molecule has 3 aromatic rings. The molecule has 6 heteroatoms. The summed E-state index contributed by atoms with van der Waals surface area (Å²) in [5.41, 5.74) is 0.597. The summed E-state index contributed by atoms with van der Waals surface area (Å²) < 4.78 is 3.05. The van der Waals surface area contributed by atoms with E-state index in [0.717, 1.165) is 13.1 Å². The van der Waals surface area contributed by atoms with Crippen molar-refractivity contribution in [3.05, 3.63) is 57.3 Å². The van der Waals surface area contributed by atoms with Crippen LogP contribution in [0.15, 0.2) is 46.7 Å². The van der Waals surface area contributed by atoms with Crippen LogP contribution in [0.1, 0.15) is 4.88 Å². The zero-order valence-electron chi connectivity index (χ0n) is 10.3. The third kappa shape index (κ3) is 2.59. The Morgan fingerprint density at radius 2 is 2.21 bits per heavy atom. The molecule has 0 amide bonds. The first-order chi connectivity index (χ1) is 9.34. The highest BCUT2D eigenvalue weighted by Crippen LogP contribution is 2.06. The fraction of sp³-hybridized carbons (Fsp3) is 0.231. The van der Waals surface area contributed by atoms with Gasteiger partial charge in [-0.1, -0.05) is 12.1 Å². The van der Waals surface area contributed by atoms with Gasteiger partial charge in [0, 0.05) is 24.2 Å². The molecule has 3 aromatic heterocycles. The minimum absolute atomic E-state index is 0.0893. The van der Waals surface area contributed by atoms with Crippen LogP contribution < -0.4 is 11.0 Å². The summed E-state index contributed by atoms with van der Waals surface area (Å²) in [5, 5.41) is 9.64. The number of hydrogen-bond acceptors (Lipinski definition) is 4. The second-order valence-electron chi connectivity index (χ2n) is 4.19. The Labute approximate surface area is 114 Å². The molecule has 0 aliphatic carbocycles. The molecule has 98 valence electrons. The summed E-state index contributed by atoms with van der Waals surface area (Å²) in [6.45, 7) is 2.13. The third-order valence-corrected chi connectivity index (χ3v) is 3.74. The highest BCUT2D eigenvalue weighted by molar-refractivity contribution is 7.09. The summed E-state index contributed by atoms with van der Waals surface area (Å²) in [5.74, 6) is 0. The van der Waals surface area contributed by atoms with Gasteiger partial charge < -0.3 is 5.32 Å². The summed E-state index contributed by atoms with van der Waals surface area (Å²) >= 11 is 1.73. The van der Waals surface area contributed by atoms with Gasteiger partial charge in [0.15, 0.2) is 5.65 Å². The molecule has 0 aromatic carbocycles. The van der Waals surface area contributed by atoms with Crippen LogP contribution in [0.25, 0.3) is 5.65 Å². The first-order valence-electron chi connectivity index (χ1n) is 6.12. The van der Waals surface area contributed by atoms with Crippen molar-refractivity contribution in [2.45, 2.75) is 13.1 Å². The van der Waals surface area contributed by atoms with Crippen molar-refractivity contribution in [3.8, 4) is 0 Å². The van der Waals surface area contributed by atoms with Gasteiger partial charge in [-0.2, -0.15) is 0 Å². The first-order valence-corrected chi connectivity index (χ1v) is 7.00. The van der Waals surface area contributed by atoms with Gasteiger partial charge in [0.2, 0.25) is 0 Å². The number of hydrogen-bond donors (Lipinski definition) is 1. The standard InChI is InChI=1S/C13H14N4OS/c18-13-16-7-2-1-5-12(16)15-17(13)8-6-14-10-11-4-3-9-19-11/h1-5,7,9,14H,6,8,10H2. The van der Waals surface area contributed by atoms with Gasteiger partial charge in [0.25, 0.3) is 0 Å². The van der Waals surface area contributed by atoms with Gasteiger partial charge in [-0.15, -0.1) is 16.4 Å². The van der Waals surface area contributed by atoms with Crippen molar-refractivity contribution in [1.82, 2.24) is 19.5 Å². The predicted octanol–water partition coefficient (Wildman–Crippen LogP) is 1.35. The van der Waals surface area contributed by atoms with Crippen molar-refractivity contribution >= 4 is 17.0 Å². The van der Waals surface area contributed by atoms with Crippen molar-refractivity contribution in [3.63, 3.8) is 0 Å². The molecule has 5 nitrogen and oxygen atoms in total. The molecule has 1 N–H and O–H groups in total. The molecule has 0 radical (unpaired) electrons. The van der Waals surface area contributed by atoms with Crippen LogP contribution in [-0.4, -0.2) is 20.7 Å². The normalized spacial score (nSPS) is 11.2. The third-order valence-electron chi connectivity index (χ3n) is 2.87. The van der Waals surface area contributed by atoms with Crippen LogP contribution in [0.5, 0.6) is 0 Å². The molecule has 0 aliphatic rings. The van der Waals surface area contributed by atoms with E-state index in [9.17, 15) is 4.79 Å². The van der Waals surface area contributed by atoms with Gasteiger partial charge in [-0.25, -0.2) is 9.48 Å². The second-order valence-corrected chi connectivity index (χ2v) is 5.22. The molecule has 3 heterocycles. The van der Waals surface area contributed by atoms with E-state index in [2.05, 4.69) is 21.9 Å². The lowest BCUT2D eigenvalue weighted by Gasteiger charge is -2.01. The molecule has 3 rings (SSSR count). The van der Waals surface area contributed by atoms with E-state index in [0.29, 0.717) is 12.2 Å². The van der Waals surface area contributed by atoms with E-state index in [4.69, 9.17) is 0 Å². The maximum atomic E-state index is 12.0. The number of pyridine rings is 1. The number of fused-ring (bicyclic) bond motifs is 1. The predicted molar refractivity (Wildman–Crippen MR) is 75.5 cm³/mol. The number of nitrogens with one attached hydrogen (secondary N) is 1. The Morgan fingerprint density at radius 1 is 1.26 bits per heavy atom. The molecule has 0 saturated heterocycles. The van der Waals surface area contributed by atoms with Gasteiger partial charge in [-0.3, -0.25) is 4.40 Å². The zero-order chi connectivity index (χ0) is 13.1. The number of rotatable bonds is 5. The van der Waals surface area contributed by atoms with E-state index in [-0.39, 0.29) is 5.69 Å². The zero-order valence-corrected chi connectivity index (χ0v) is 11.1. The summed E-state index contributed by atoms with van der Waals surface area (Å²) in [6.07, 6.45) is 1.74. The fourth-order valence-electron chi connectivity index (χ4n) is 1.92. The molecule has 19 heavy (non-hydrogen) atoms. The largest absolute Gasteiger partial charge is 0.350 e. The van der Waals surface area contributed by atoms with E-state index >= 15 is 0 Å². The van der Waals surface area contributed by atoms with Crippen LogP contribution in [0.4, 0.5) is 0 Å². The average molecular weight is 274 g/mol. The second kappa shape index (κ2) is 5.38. The molecule has 0 bridgehead atoms. The van der Waals surface area contributed by atoms with Crippen LogP contribution >= 0.6 is 11.3 Å². The van der Waals surface area contributed by atoms with Crippen LogP contribution in [0.3, 0.4) is 0 Å². The quantitative estimate of drug-likeness (QED) is 0.715. The maximum absolute atomic E-state index is 12.0. The lowest BCUT2D eigenvalue weighted by molar-refractivity contribution is 0.543. The van der Waals surface area contributed by atoms with E-state index < -0.39 is 0 Å². The number of nitrogens with zero attached hydrogens (tertiary/aromatic N) is 3. The van der Waals surface area contributed by atoms with Gasteiger partial charge in [0.05, 0.1) is 6.54 Å². The summed E-state index contributed by atoms with van der Waals surface area (Å²) in [4.78, 5) is 13.3. The maximum Gasteiger partial charge on any atom is 0.350 e. The SMILES string of the molecule is O=c1n(CCNCc2cccs2)nc2ccccn12. The van der Waals surface area contributed by atoms with Crippen molar-refractivity contribution in [1.29, 1.82) is 0 Å². The van der Waals surface area contributed by atoms with Crippen molar-refractivity contribution < 1.29 is 0 Å². The summed E-state index contributed by atoms with van der Waals surface area (Å²) in [6, 6.07) is 9.66. The Kier molecular flexibility index (Phi) is 3.43. The summed E-state index contributed by atoms with van der Waals surface area (Å²) in [7, 11) is 0. The van der Waals surface area contributed by atoms with Crippen LogP contribution in [0.2, 0.25) is 0 Å². The number of thiophene rings is 1. The van der Waals surface area contributed by atoms with Crippen molar-refractivity contribution in [2.24, 2.45) is 0 Å². The molecule has 0 fully saturated rings. The lowest BCUT2D eigenvalue weighted by atomic mass is 10.4. The van der Waals surface area contributed by atoms with Crippen LogP contribution in [0, 0.1) is 0 Å². The molecule has 0 unspecified atom stereocenters. The highest BCUT2D eigenvalue weighted by atomic mass is 32.1. The first kappa shape index (κ1) is 12.1. The minimum atomic E-state index is -0.0893. The molecule has 0 spiro atoms. The van der Waals surface area contributed by atoms with E-state index in [1.54, 1.807) is 21.9 Å². The topological polar surface area (TPSA) is 51.3 Å². The molecular weight excluding hydrogens is 260 g/mol. The Hall–Kier alpha value is -1.92. The Bertz CT molecular complexity index is 714. The van der Waals surface area contributed by atoms with Crippen molar-refractivity contribution in [2.75, 3.05) is 6.54 Å². The fourth-order valence-corrected chi connectivity index (χ4v) is 2.60. The van der Waals surface area contributed by atoms with E-state index in [1.165, 1.54) is 9.56 Å². The average Bonchev–Trinajstić information content (AvgIpc) is 3.04. The smallest absolute Gasteiger partial charge is 0.310 e. The van der Waals surface area contributed by atoms with E-state index in [1.807, 2.05) is 24.3 Å². The number of aromatic nitrogens is 3. The van der Waals surface area contributed by atoms with Gasteiger partial charge in [-0.05, 0) is 23.6 Å². The van der Waals surface area contributed by atoms with Gasteiger partial charge in [0.1, 0.15) is 0 Å². The highest BCUT2D eigenvalue weighted by Gasteiger charge is 2.04.